The van der Waals surface area contributed by atoms with Crippen LogP contribution >= 0.6 is 0 Å². The molecule has 0 saturated carbocycles. The van der Waals surface area contributed by atoms with Crippen LogP contribution in [0.2, 0.25) is 0 Å². The second kappa shape index (κ2) is 7.28. The van der Waals surface area contributed by atoms with E-state index < -0.39 is 6.10 Å². The highest BCUT2D eigenvalue weighted by atomic mass is 16.5. The molecule has 4 rings (SSSR count). The van der Waals surface area contributed by atoms with Crippen molar-refractivity contribution in [3.63, 3.8) is 0 Å². The van der Waals surface area contributed by atoms with Crippen LogP contribution in [0.5, 0.6) is 5.75 Å². The van der Waals surface area contributed by atoms with Crippen molar-refractivity contribution in [3.8, 4) is 5.75 Å². The van der Waals surface area contributed by atoms with Gasteiger partial charge in [0.25, 0.3) is 5.91 Å². The molecule has 4 nitrogen and oxygen atoms in total. The normalized spacial score (nSPS) is 26.0. The Balaban J connectivity index is 1.50. The predicted molar refractivity (Wildman–Crippen MR) is 97.4 cm³/mol. The first-order chi connectivity index (χ1) is 12.3. The highest BCUT2D eigenvalue weighted by Gasteiger charge is 2.35. The Hall–Kier alpha value is -2.33. The summed E-state index contributed by atoms with van der Waals surface area (Å²) >= 11 is 0. The van der Waals surface area contributed by atoms with E-state index in [9.17, 15) is 4.79 Å². The van der Waals surface area contributed by atoms with Crippen LogP contribution in [-0.4, -0.2) is 24.0 Å². The summed E-state index contributed by atoms with van der Waals surface area (Å²) in [7, 11) is 0. The molecule has 0 radical (unpaired) electrons. The number of fused-ring (bicyclic) bond motifs is 2. The maximum absolute atomic E-state index is 13.0. The number of nitrogens with one attached hydrogen (secondary N) is 2. The number of para-hydroxylation sites is 1. The van der Waals surface area contributed by atoms with E-state index in [2.05, 4.69) is 10.6 Å². The standard InChI is InChI=1S/C21H24N2O2/c24-21(23-18-13-16-11-12-17(14-18)22-16)20(15-7-3-1-4-8-15)25-19-9-5-2-6-10-19/h1-10,16-18,20,22H,11-14H2,(H,23,24). The summed E-state index contributed by atoms with van der Waals surface area (Å²) in [5.41, 5.74) is 0.876. The number of benzene rings is 2. The molecule has 2 bridgehead atoms. The molecule has 2 aromatic carbocycles. The van der Waals surface area contributed by atoms with Crippen LogP contribution in [0, 0.1) is 0 Å². The van der Waals surface area contributed by atoms with E-state index in [0.717, 1.165) is 18.4 Å². The van der Waals surface area contributed by atoms with Crippen LogP contribution in [0.25, 0.3) is 0 Å². The Morgan fingerprint density at radius 3 is 2.20 bits per heavy atom. The Morgan fingerprint density at radius 1 is 0.960 bits per heavy atom. The second-order valence-corrected chi connectivity index (χ2v) is 7.04. The van der Waals surface area contributed by atoms with Gasteiger partial charge >= 0.3 is 0 Å². The van der Waals surface area contributed by atoms with Crippen molar-refractivity contribution in [2.45, 2.75) is 49.9 Å². The molecule has 2 N–H and O–H groups in total. The fourth-order valence-electron chi connectivity index (χ4n) is 3.99. The summed E-state index contributed by atoms with van der Waals surface area (Å²) in [6, 6.07) is 20.6. The molecule has 25 heavy (non-hydrogen) atoms. The fourth-order valence-corrected chi connectivity index (χ4v) is 3.99. The van der Waals surface area contributed by atoms with Gasteiger partial charge in [-0.05, 0) is 37.8 Å². The van der Waals surface area contributed by atoms with Gasteiger partial charge in [0.1, 0.15) is 5.75 Å². The van der Waals surface area contributed by atoms with Crippen molar-refractivity contribution in [3.05, 3.63) is 66.2 Å². The third-order valence-corrected chi connectivity index (χ3v) is 5.16. The second-order valence-electron chi connectivity index (χ2n) is 7.04. The average Bonchev–Trinajstić information content (AvgIpc) is 2.99. The van der Waals surface area contributed by atoms with Gasteiger partial charge in [0.05, 0.1) is 0 Å². The number of amides is 1. The predicted octanol–water partition coefficient (Wildman–Crippen LogP) is 3.21. The molecule has 0 aromatic heterocycles. The van der Waals surface area contributed by atoms with Gasteiger partial charge in [-0.1, -0.05) is 48.5 Å². The molecule has 4 heteroatoms. The zero-order valence-electron chi connectivity index (χ0n) is 14.2. The topological polar surface area (TPSA) is 50.4 Å². The van der Waals surface area contributed by atoms with Crippen LogP contribution < -0.4 is 15.4 Å². The summed E-state index contributed by atoms with van der Waals surface area (Å²) in [6.07, 6.45) is 3.83. The molecule has 3 unspecified atom stereocenters. The first-order valence-electron chi connectivity index (χ1n) is 9.11. The van der Waals surface area contributed by atoms with Crippen molar-refractivity contribution in [1.29, 1.82) is 0 Å². The van der Waals surface area contributed by atoms with Crippen LogP contribution in [0.4, 0.5) is 0 Å². The molecule has 2 fully saturated rings. The lowest BCUT2D eigenvalue weighted by atomic mass is 9.99. The summed E-state index contributed by atoms with van der Waals surface area (Å²) in [4.78, 5) is 13.0. The highest BCUT2D eigenvalue weighted by molar-refractivity contribution is 5.82. The van der Waals surface area contributed by atoms with Gasteiger partial charge in [0.2, 0.25) is 6.10 Å². The molecular weight excluding hydrogens is 312 g/mol. The monoisotopic (exact) mass is 336 g/mol. The third-order valence-electron chi connectivity index (χ3n) is 5.16. The summed E-state index contributed by atoms with van der Waals surface area (Å²) in [5.74, 6) is 0.651. The molecule has 0 spiro atoms. The number of ether oxygens (including phenoxy) is 1. The van der Waals surface area contributed by atoms with E-state index in [0.29, 0.717) is 17.8 Å². The summed E-state index contributed by atoms with van der Waals surface area (Å²) in [6.45, 7) is 0. The van der Waals surface area contributed by atoms with Crippen LogP contribution in [0.3, 0.4) is 0 Å². The van der Waals surface area contributed by atoms with Crippen LogP contribution in [0.15, 0.2) is 60.7 Å². The van der Waals surface area contributed by atoms with E-state index in [1.165, 1.54) is 12.8 Å². The first-order valence-corrected chi connectivity index (χ1v) is 9.11. The van der Waals surface area contributed by atoms with Gasteiger partial charge in [-0.2, -0.15) is 0 Å². The Kier molecular flexibility index (Phi) is 4.70. The Morgan fingerprint density at radius 2 is 1.56 bits per heavy atom. The maximum Gasteiger partial charge on any atom is 0.266 e. The Labute approximate surface area is 148 Å². The number of hydrogen-bond acceptors (Lipinski definition) is 3. The minimum absolute atomic E-state index is 0.0543. The third kappa shape index (κ3) is 3.85. The molecule has 130 valence electrons. The van der Waals surface area contributed by atoms with Gasteiger partial charge in [-0.15, -0.1) is 0 Å². The van der Waals surface area contributed by atoms with Crippen molar-refractivity contribution in [2.75, 3.05) is 0 Å². The molecule has 3 atom stereocenters. The summed E-state index contributed by atoms with van der Waals surface area (Å²) in [5, 5.41) is 6.85. The van der Waals surface area contributed by atoms with Crippen molar-refractivity contribution in [1.82, 2.24) is 10.6 Å². The minimum Gasteiger partial charge on any atom is -0.476 e. The lowest BCUT2D eigenvalue weighted by Gasteiger charge is -2.31. The average molecular weight is 336 g/mol. The number of piperidine rings is 1. The molecule has 2 aliphatic heterocycles. The van der Waals surface area contributed by atoms with Crippen molar-refractivity contribution < 1.29 is 9.53 Å². The number of hydrogen-bond donors (Lipinski definition) is 2. The van der Waals surface area contributed by atoms with Gasteiger partial charge in [-0.3, -0.25) is 4.79 Å². The van der Waals surface area contributed by atoms with Crippen LogP contribution in [-0.2, 0) is 4.79 Å². The van der Waals surface area contributed by atoms with Crippen molar-refractivity contribution >= 4 is 5.91 Å². The van der Waals surface area contributed by atoms with Crippen molar-refractivity contribution in [2.24, 2.45) is 0 Å². The fraction of sp³-hybridized carbons (Fsp3) is 0.381. The van der Waals surface area contributed by atoms with Gasteiger partial charge in [0, 0.05) is 23.7 Å². The lowest BCUT2D eigenvalue weighted by molar-refractivity contribution is -0.129. The largest absolute Gasteiger partial charge is 0.476 e. The molecule has 2 saturated heterocycles. The van der Waals surface area contributed by atoms with E-state index in [1.807, 2.05) is 60.7 Å². The summed E-state index contributed by atoms with van der Waals surface area (Å²) < 4.78 is 6.05. The molecular formula is C21H24N2O2. The van der Waals surface area contributed by atoms with E-state index >= 15 is 0 Å². The minimum atomic E-state index is -0.629. The molecule has 2 aliphatic rings. The maximum atomic E-state index is 13.0. The lowest BCUT2D eigenvalue weighted by Crippen LogP contribution is -2.49. The quantitative estimate of drug-likeness (QED) is 0.881. The van der Waals surface area contributed by atoms with Gasteiger partial charge < -0.3 is 15.4 Å². The zero-order chi connectivity index (χ0) is 17.1. The van der Waals surface area contributed by atoms with Crippen LogP contribution in [0.1, 0.15) is 37.4 Å². The molecule has 2 aromatic rings. The molecule has 2 heterocycles. The SMILES string of the molecule is O=C(NC1CC2CCC(C1)N2)C(Oc1ccccc1)c1ccccc1. The van der Waals surface area contributed by atoms with E-state index in [-0.39, 0.29) is 11.9 Å². The van der Waals surface area contributed by atoms with Gasteiger partial charge in [0.15, 0.2) is 0 Å². The smallest absolute Gasteiger partial charge is 0.266 e. The number of carbonyl (C=O) groups is 1. The van der Waals surface area contributed by atoms with E-state index in [4.69, 9.17) is 4.74 Å². The highest BCUT2D eigenvalue weighted by Crippen LogP contribution is 2.28. The Bertz CT molecular complexity index is 692. The van der Waals surface area contributed by atoms with Gasteiger partial charge in [-0.25, -0.2) is 0 Å². The molecule has 1 amide bonds. The first kappa shape index (κ1) is 16.2. The number of carbonyl (C=O) groups excluding carboxylic acids is 1. The number of rotatable bonds is 5. The van der Waals surface area contributed by atoms with E-state index in [1.54, 1.807) is 0 Å². The molecule has 0 aliphatic carbocycles. The zero-order valence-corrected chi connectivity index (χ0v) is 14.2.